The molecule has 0 atom stereocenters. The standard InChI is InChI=1S/C17H16Cl2N2/c1-3-12-7-5-9-14(18)16(12)20-11-21-17-13(4-2)8-6-10-15(17)19/h5-10H,3-4H2,1-2H3. The third kappa shape index (κ3) is 3.74. The Bertz CT molecular complexity index is 644. The molecule has 2 rings (SSSR count). The van der Waals surface area contributed by atoms with Gasteiger partial charge in [0.2, 0.25) is 0 Å². The van der Waals surface area contributed by atoms with E-state index in [1.54, 1.807) is 0 Å². The summed E-state index contributed by atoms with van der Waals surface area (Å²) in [4.78, 5) is 8.56. The van der Waals surface area contributed by atoms with Crippen molar-refractivity contribution in [2.75, 3.05) is 0 Å². The molecule has 0 bridgehead atoms. The van der Waals surface area contributed by atoms with E-state index in [2.05, 4.69) is 29.8 Å². The number of hydrogen-bond donors (Lipinski definition) is 0. The van der Waals surface area contributed by atoms with Gasteiger partial charge in [-0.3, -0.25) is 0 Å². The van der Waals surface area contributed by atoms with Crippen LogP contribution in [0.3, 0.4) is 0 Å². The molecular formula is C17H16Cl2N2. The van der Waals surface area contributed by atoms with Crippen molar-refractivity contribution in [3.63, 3.8) is 0 Å². The molecule has 108 valence electrons. The van der Waals surface area contributed by atoms with Crippen LogP contribution in [0.1, 0.15) is 25.0 Å². The van der Waals surface area contributed by atoms with Crippen LogP contribution in [-0.2, 0) is 12.8 Å². The van der Waals surface area contributed by atoms with Crippen LogP contribution < -0.4 is 0 Å². The van der Waals surface area contributed by atoms with Crippen LogP contribution in [0.25, 0.3) is 0 Å². The van der Waals surface area contributed by atoms with E-state index in [4.69, 9.17) is 23.2 Å². The third-order valence-corrected chi connectivity index (χ3v) is 3.84. The average molecular weight is 319 g/mol. The van der Waals surface area contributed by atoms with Crippen LogP contribution in [-0.4, -0.2) is 6.01 Å². The van der Waals surface area contributed by atoms with E-state index in [0.29, 0.717) is 10.0 Å². The van der Waals surface area contributed by atoms with Gasteiger partial charge in [0.25, 0.3) is 0 Å². The first-order chi connectivity index (χ1) is 10.2. The van der Waals surface area contributed by atoms with E-state index in [1.807, 2.05) is 36.4 Å². The van der Waals surface area contributed by atoms with Crippen molar-refractivity contribution in [3.05, 3.63) is 57.6 Å². The highest BCUT2D eigenvalue weighted by atomic mass is 35.5. The van der Waals surface area contributed by atoms with Crippen molar-refractivity contribution < 1.29 is 0 Å². The summed E-state index contributed by atoms with van der Waals surface area (Å²) in [5.74, 6) is 0. The number of hydrogen-bond acceptors (Lipinski definition) is 2. The van der Waals surface area contributed by atoms with E-state index in [-0.39, 0.29) is 0 Å². The Morgan fingerprint density at radius 1 is 0.810 bits per heavy atom. The molecular weight excluding hydrogens is 303 g/mol. The number of halogens is 2. The van der Waals surface area contributed by atoms with E-state index < -0.39 is 0 Å². The molecule has 2 aromatic rings. The zero-order valence-corrected chi connectivity index (χ0v) is 13.5. The van der Waals surface area contributed by atoms with Crippen LogP contribution in [0.2, 0.25) is 10.0 Å². The summed E-state index contributed by atoms with van der Waals surface area (Å²) in [6, 6.07) is 14.2. The highest BCUT2D eigenvalue weighted by molar-refractivity contribution is 6.33. The molecule has 0 heterocycles. The Hall–Kier alpha value is -1.60. The molecule has 0 aliphatic carbocycles. The minimum Gasteiger partial charge on any atom is -0.186 e. The van der Waals surface area contributed by atoms with Gasteiger partial charge in [-0.15, -0.1) is 0 Å². The van der Waals surface area contributed by atoms with E-state index in [1.165, 1.54) is 0 Å². The molecule has 0 N–H and O–H groups in total. The molecule has 0 unspecified atom stereocenters. The molecule has 0 amide bonds. The summed E-state index contributed by atoms with van der Waals surface area (Å²) in [7, 11) is 0. The molecule has 2 aromatic carbocycles. The second-order valence-corrected chi connectivity index (χ2v) is 5.34. The Labute approximate surface area is 135 Å². The summed E-state index contributed by atoms with van der Waals surface area (Å²) in [5.41, 5.74) is 3.58. The smallest absolute Gasteiger partial charge is 0.101 e. The molecule has 21 heavy (non-hydrogen) atoms. The van der Waals surface area contributed by atoms with E-state index in [0.717, 1.165) is 35.3 Å². The van der Waals surface area contributed by atoms with Crippen molar-refractivity contribution >= 4 is 40.6 Å². The van der Waals surface area contributed by atoms with Gasteiger partial charge in [-0.1, -0.05) is 61.3 Å². The molecule has 0 aromatic heterocycles. The average Bonchev–Trinajstić information content (AvgIpc) is 2.50. The summed E-state index contributed by atoms with van der Waals surface area (Å²) in [6.07, 6.45) is 1.71. The van der Waals surface area contributed by atoms with Gasteiger partial charge in [0.15, 0.2) is 0 Å². The lowest BCUT2D eigenvalue weighted by molar-refractivity contribution is 1.13. The quantitative estimate of drug-likeness (QED) is 0.595. The number of benzene rings is 2. The number of rotatable bonds is 4. The van der Waals surface area contributed by atoms with Crippen molar-refractivity contribution in [2.45, 2.75) is 26.7 Å². The lowest BCUT2D eigenvalue weighted by atomic mass is 10.1. The molecule has 2 nitrogen and oxygen atoms in total. The van der Waals surface area contributed by atoms with E-state index in [9.17, 15) is 0 Å². The molecule has 0 saturated heterocycles. The van der Waals surface area contributed by atoms with Crippen LogP contribution in [0.15, 0.2) is 46.4 Å². The van der Waals surface area contributed by atoms with Gasteiger partial charge in [-0.05, 0) is 36.1 Å². The molecule has 0 aliphatic heterocycles. The van der Waals surface area contributed by atoms with Gasteiger partial charge < -0.3 is 0 Å². The Morgan fingerprint density at radius 2 is 1.24 bits per heavy atom. The zero-order chi connectivity index (χ0) is 15.2. The SMILES string of the molecule is CCc1cccc(Cl)c1N=C=Nc1c(Cl)cccc1CC. The van der Waals surface area contributed by atoms with Gasteiger partial charge in [-0.2, -0.15) is 9.98 Å². The van der Waals surface area contributed by atoms with Crippen molar-refractivity contribution in [3.8, 4) is 0 Å². The summed E-state index contributed by atoms with van der Waals surface area (Å²) < 4.78 is 0. The fourth-order valence-corrected chi connectivity index (χ4v) is 2.54. The zero-order valence-electron chi connectivity index (χ0n) is 12.0. The van der Waals surface area contributed by atoms with Gasteiger partial charge in [0.05, 0.1) is 21.4 Å². The molecule has 0 saturated carbocycles. The number of aryl methyl sites for hydroxylation is 2. The maximum atomic E-state index is 6.18. The summed E-state index contributed by atoms with van der Waals surface area (Å²) in [5, 5.41) is 1.21. The van der Waals surface area contributed by atoms with Crippen molar-refractivity contribution in [2.24, 2.45) is 9.98 Å². The lowest BCUT2D eigenvalue weighted by Crippen LogP contribution is -1.82. The number of para-hydroxylation sites is 2. The first kappa shape index (κ1) is 15.8. The minimum absolute atomic E-state index is 0.604. The van der Waals surface area contributed by atoms with Gasteiger partial charge in [0.1, 0.15) is 6.01 Å². The predicted molar refractivity (Wildman–Crippen MR) is 90.8 cm³/mol. The second-order valence-electron chi connectivity index (χ2n) is 4.53. The molecule has 0 fully saturated rings. The van der Waals surface area contributed by atoms with E-state index >= 15 is 0 Å². The molecule has 4 heteroatoms. The lowest BCUT2D eigenvalue weighted by Gasteiger charge is -2.03. The van der Waals surface area contributed by atoms with Gasteiger partial charge in [-0.25, -0.2) is 0 Å². The maximum Gasteiger partial charge on any atom is 0.101 e. The molecule has 0 spiro atoms. The van der Waals surface area contributed by atoms with Crippen molar-refractivity contribution in [1.82, 2.24) is 0 Å². The Morgan fingerprint density at radius 3 is 1.62 bits per heavy atom. The summed E-state index contributed by atoms with van der Waals surface area (Å²) in [6.45, 7) is 4.12. The fourth-order valence-electron chi connectivity index (χ4n) is 2.07. The summed E-state index contributed by atoms with van der Waals surface area (Å²) >= 11 is 12.4. The number of aliphatic imine (C=N–C) groups is 2. The fraction of sp³-hybridized carbons (Fsp3) is 0.235. The van der Waals surface area contributed by atoms with Gasteiger partial charge in [0, 0.05) is 0 Å². The minimum atomic E-state index is 0.604. The van der Waals surface area contributed by atoms with Crippen LogP contribution in [0, 0.1) is 0 Å². The largest absolute Gasteiger partial charge is 0.186 e. The highest BCUT2D eigenvalue weighted by Crippen LogP contribution is 2.30. The third-order valence-electron chi connectivity index (χ3n) is 3.23. The first-order valence-corrected chi connectivity index (χ1v) is 7.64. The first-order valence-electron chi connectivity index (χ1n) is 6.88. The van der Waals surface area contributed by atoms with Crippen molar-refractivity contribution in [1.29, 1.82) is 0 Å². The maximum absolute atomic E-state index is 6.18. The normalized spacial score (nSPS) is 10.1. The highest BCUT2D eigenvalue weighted by Gasteiger charge is 2.05. The predicted octanol–water partition coefficient (Wildman–Crippen LogP) is 6.26. The van der Waals surface area contributed by atoms with Crippen LogP contribution in [0.5, 0.6) is 0 Å². The second kappa shape index (κ2) is 7.42. The van der Waals surface area contributed by atoms with Crippen LogP contribution >= 0.6 is 23.2 Å². The topological polar surface area (TPSA) is 24.7 Å². The van der Waals surface area contributed by atoms with Gasteiger partial charge >= 0.3 is 0 Å². The Kier molecular flexibility index (Phi) is 5.58. The molecule has 0 aliphatic rings. The Balaban J connectivity index is 2.43. The monoisotopic (exact) mass is 318 g/mol. The molecule has 0 radical (unpaired) electrons. The number of nitrogens with zero attached hydrogens (tertiary/aromatic N) is 2. The van der Waals surface area contributed by atoms with Crippen LogP contribution in [0.4, 0.5) is 11.4 Å².